The SMILES string of the molecule is O=C(/C=C/c1ccc(-c2ccc(Cl)cc2Cl)o1)Nc1ccccc1OC(F)F. The minimum Gasteiger partial charge on any atom is -0.457 e. The zero-order valence-electron chi connectivity index (χ0n) is 14.2. The second kappa shape index (κ2) is 8.91. The summed E-state index contributed by atoms with van der Waals surface area (Å²) >= 11 is 12.0. The van der Waals surface area contributed by atoms with Crippen LogP contribution >= 0.6 is 23.2 Å². The van der Waals surface area contributed by atoms with Crippen LogP contribution in [0.2, 0.25) is 10.0 Å². The maximum Gasteiger partial charge on any atom is 0.387 e. The maximum absolute atomic E-state index is 12.4. The molecule has 0 aliphatic heterocycles. The Kier molecular flexibility index (Phi) is 6.34. The van der Waals surface area contributed by atoms with E-state index in [0.29, 0.717) is 27.1 Å². The van der Waals surface area contributed by atoms with E-state index in [9.17, 15) is 13.6 Å². The summed E-state index contributed by atoms with van der Waals surface area (Å²) < 4.78 is 34.9. The highest BCUT2D eigenvalue weighted by molar-refractivity contribution is 6.36. The molecule has 0 aliphatic rings. The molecule has 0 atom stereocenters. The van der Waals surface area contributed by atoms with Crippen LogP contribution in [0.3, 0.4) is 0 Å². The lowest BCUT2D eigenvalue weighted by atomic mass is 10.2. The number of amides is 1. The Morgan fingerprint density at radius 1 is 1.11 bits per heavy atom. The van der Waals surface area contributed by atoms with Crippen LogP contribution in [0, 0.1) is 0 Å². The molecular formula is C20H13Cl2F2NO3. The van der Waals surface area contributed by atoms with Gasteiger partial charge in [-0.2, -0.15) is 8.78 Å². The van der Waals surface area contributed by atoms with E-state index >= 15 is 0 Å². The normalized spacial score (nSPS) is 11.2. The first-order valence-corrected chi connectivity index (χ1v) is 8.76. The lowest BCUT2D eigenvalue weighted by molar-refractivity contribution is -0.111. The number of carbonyl (C=O) groups excluding carboxylic acids is 1. The summed E-state index contributed by atoms with van der Waals surface area (Å²) in [6.07, 6.45) is 2.66. The maximum atomic E-state index is 12.4. The van der Waals surface area contributed by atoms with E-state index in [1.807, 2.05) is 0 Å². The van der Waals surface area contributed by atoms with Crippen molar-refractivity contribution in [2.24, 2.45) is 0 Å². The van der Waals surface area contributed by atoms with Gasteiger partial charge in [0.05, 0.1) is 10.7 Å². The number of carbonyl (C=O) groups is 1. The molecule has 0 aliphatic carbocycles. The van der Waals surface area contributed by atoms with Gasteiger partial charge >= 0.3 is 6.61 Å². The Bertz CT molecular complexity index is 1020. The van der Waals surface area contributed by atoms with E-state index in [0.717, 1.165) is 0 Å². The van der Waals surface area contributed by atoms with Crippen LogP contribution in [0.4, 0.5) is 14.5 Å². The fourth-order valence-electron chi connectivity index (χ4n) is 2.38. The first kappa shape index (κ1) is 19.9. The largest absolute Gasteiger partial charge is 0.457 e. The van der Waals surface area contributed by atoms with E-state index < -0.39 is 12.5 Å². The highest BCUT2D eigenvalue weighted by Gasteiger charge is 2.11. The first-order chi connectivity index (χ1) is 13.4. The van der Waals surface area contributed by atoms with Crippen molar-refractivity contribution in [1.82, 2.24) is 0 Å². The van der Waals surface area contributed by atoms with E-state index in [4.69, 9.17) is 27.6 Å². The molecule has 3 rings (SSSR count). The summed E-state index contributed by atoms with van der Waals surface area (Å²) in [5.41, 5.74) is 0.791. The molecule has 1 N–H and O–H groups in total. The molecule has 0 saturated heterocycles. The summed E-state index contributed by atoms with van der Waals surface area (Å²) in [4.78, 5) is 12.1. The van der Waals surface area contributed by atoms with Gasteiger partial charge in [0.25, 0.3) is 0 Å². The number of rotatable bonds is 6. The number of anilines is 1. The van der Waals surface area contributed by atoms with Crippen molar-refractivity contribution in [2.75, 3.05) is 5.32 Å². The fraction of sp³-hybridized carbons (Fsp3) is 0.0500. The fourth-order valence-corrected chi connectivity index (χ4v) is 2.88. The molecule has 4 nitrogen and oxygen atoms in total. The van der Waals surface area contributed by atoms with Crippen LogP contribution in [-0.4, -0.2) is 12.5 Å². The second-order valence-electron chi connectivity index (χ2n) is 5.52. The van der Waals surface area contributed by atoms with E-state index in [2.05, 4.69) is 10.1 Å². The summed E-state index contributed by atoms with van der Waals surface area (Å²) in [5, 5.41) is 3.42. The Morgan fingerprint density at radius 2 is 1.89 bits per heavy atom. The topological polar surface area (TPSA) is 51.5 Å². The minimum absolute atomic E-state index is 0.128. The molecule has 0 saturated carbocycles. The second-order valence-corrected chi connectivity index (χ2v) is 6.37. The van der Waals surface area contributed by atoms with Crippen LogP contribution in [-0.2, 0) is 4.79 Å². The zero-order chi connectivity index (χ0) is 20.1. The number of ether oxygens (including phenoxy) is 1. The molecule has 28 heavy (non-hydrogen) atoms. The van der Waals surface area contributed by atoms with E-state index in [1.165, 1.54) is 30.4 Å². The van der Waals surface area contributed by atoms with Gasteiger partial charge in [0.1, 0.15) is 17.3 Å². The summed E-state index contributed by atoms with van der Waals surface area (Å²) in [5.74, 6) is 0.260. The molecule has 0 spiro atoms. The number of para-hydroxylation sites is 2. The molecule has 1 amide bonds. The van der Waals surface area contributed by atoms with Crippen LogP contribution in [0.1, 0.15) is 5.76 Å². The van der Waals surface area contributed by atoms with Crippen LogP contribution < -0.4 is 10.1 Å². The van der Waals surface area contributed by atoms with Gasteiger partial charge in [-0.1, -0.05) is 35.3 Å². The molecule has 1 heterocycles. The number of hydrogen-bond donors (Lipinski definition) is 1. The standard InChI is InChI=1S/C20H13Cl2F2NO3/c21-12-5-8-14(15(22)11-12)17-9-6-13(27-17)7-10-19(26)25-16-3-1-2-4-18(16)28-20(23)24/h1-11,20H,(H,25,26)/b10-7+. The molecule has 8 heteroatoms. The number of benzene rings is 2. The number of nitrogens with one attached hydrogen (secondary N) is 1. The van der Waals surface area contributed by atoms with Crippen LogP contribution in [0.5, 0.6) is 5.75 Å². The van der Waals surface area contributed by atoms with Crippen molar-refractivity contribution >= 4 is 40.9 Å². The Balaban J connectivity index is 1.70. The third-order valence-corrected chi connectivity index (χ3v) is 4.13. The van der Waals surface area contributed by atoms with Gasteiger partial charge < -0.3 is 14.5 Å². The molecule has 0 bridgehead atoms. The Labute approximate surface area is 169 Å². The zero-order valence-corrected chi connectivity index (χ0v) is 15.7. The number of alkyl halides is 2. The van der Waals surface area contributed by atoms with Crippen molar-refractivity contribution in [1.29, 1.82) is 0 Å². The molecule has 2 aromatic carbocycles. The number of furan rings is 1. The summed E-state index contributed by atoms with van der Waals surface area (Å²) in [6.45, 7) is -2.99. The third-order valence-electron chi connectivity index (χ3n) is 3.58. The summed E-state index contributed by atoms with van der Waals surface area (Å²) in [6, 6.07) is 14.3. The average molecular weight is 424 g/mol. The monoisotopic (exact) mass is 423 g/mol. The lowest BCUT2D eigenvalue weighted by Gasteiger charge is -2.10. The van der Waals surface area contributed by atoms with Gasteiger partial charge in [0, 0.05) is 16.7 Å². The van der Waals surface area contributed by atoms with Crippen LogP contribution in [0.15, 0.2) is 65.1 Å². The molecule has 144 valence electrons. The van der Waals surface area contributed by atoms with Crippen LogP contribution in [0.25, 0.3) is 17.4 Å². The average Bonchev–Trinajstić information content (AvgIpc) is 3.10. The minimum atomic E-state index is -2.99. The quantitative estimate of drug-likeness (QED) is 0.459. The summed E-state index contributed by atoms with van der Waals surface area (Å²) in [7, 11) is 0. The molecule has 0 unspecified atom stereocenters. The Morgan fingerprint density at radius 3 is 2.64 bits per heavy atom. The van der Waals surface area contributed by atoms with Gasteiger partial charge in [-0.3, -0.25) is 4.79 Å². The predicted molar refractivity (Wildman–Crippen MR) is 105 cm³/mol. The Hall–Kier alpha value is -2.83. The number of halogens is 4. The van der Waals surface area contributed by atoms with Gasteiger partial charge in [0.2, 0.25) is 5.91 Å². The molecule has 0 fully saturated rings. The van der Waals surface area contributed by atoms with Crippen molar-refractivity contribution < 1.29 is 22.7 Å². The molecular weight excluding hydrogens is 411 g/mol. The molecule has 3 aromatic rings. The van der Waals surface area contributed by atoms with E-state index in [1.54, 1.807) is 36.4 Å². The molecule has 1 aromatic heterocycles. The van der Waals surface area contributed by atoms with Gasteiger partial charge in [-0.05, 0) is 48.5 Å². The highest BCUT2D eigenvalue weighted by Crippen LogP contribution is 2.32. The van der Waals surface area contributed by atoms with Gasteiger partial charge in [-0.15, -0.1) is 0 Å². The van der Waals surface area contributed by atoms with Crippen molar-refractivity contribution in [3.63, 3.8) is 0 Å². The third kappa shape index (κ3) is 5.12. The predicted octanol–water partition coefficient (Wildman–Crippen LogP) is 6.51. The van der Waals surface area contributed by atoms with E-state index in [-0.39, 0.29) is 11.4 Å². The smallest absolute Gasteiger partial charge is 0.387 e. The van der Waals surface area contributed by atoms with Crippen molar-refractivity contribution in [3.05, 3.63) is 76.5 Å². The molecule has 0 radical (unpaired) electrons. The van der Waals surface area contributed by atoms with Gasteiger partial charge in [-0.25, -0.2) is 0 Å². The first-order valence-electron chi connectivity index (χ1n) is 8.00. The highest BCUT2D eigenvalue weighted by atomic mass is 35.5. The van der Waals surface area contributed by atoms with Gasteiger partial charge in [0.15, 0.2) is 0 Å². The van der Waals surface area contributed by atoms with Crippen molar-refractivity contribution in [3.8, 4) is 17.1 Å². The number of hydrogen-bond acceptors (Lipinski definition) is 3. The lowest BCUT2D eigenvalue weighted by Crippen LogP contribution is -2.11. The van der Waals surface area contributed by atoms with Crippen molar-refractivity contribution in [2.45, 2.75) is 6.61 Å².